The second-order valence-electron chi connectivity index (χ2n) is 5.45. The van der Waals surface area contributed by atoms with Crippen LogP contribution in [-0.4, -0.2) is 41.6 Å². The van der Waals surface area contributed by atoms with Gasteiger partial charge in [0.05, 0.1) is 12.1 Å². The Hall–Kier alpha value is -2.26. The molecule has 1 saturated heterocycles. The predicted molar refractivity (Wildman–Crippen MR) is 75.3 cm³/mol. The summed E-state index contributed by atoms with van der Waals surface area (Å²) in [6.07, 6.45) is 3.01. The number of aromatic amines is 1. The molecule has 2 N–H and O–H groups in total. The SMILES string of the molecule is Cc1cn([C@H]2C[C@H](n3cncn3)[C@H]([C@H](C)O)O2)c(=O)[nH]c1=O. The molecule has 0 bridgehead atoms. The third-order valence-corrected chi connectivity index (χ3v) is 3.84. The Labute approximate surface area is 125 Å². The molecule has 118 valence electrons. The fourth-order valence-corrected chi connectivity index (χ4v) is 2.73. The number of nitrogens with zero attached hydrogens (tertiary/aromatic N) is 4. The van der Waals surface area contributed by atoms with Crippen molar-refractivity contribution in [2.24, 2.45) is 0 Å². The summed E-state index contributed by atoms with van der Waals surface area (Å²) in [5.41, 5.74) is -0.538. The molecule has 0 aliphatic carbocycles. The van der Waals surface area contributed by atoms with E-state index in [2.05, 4.69) is 15.1 Å². The quantitative estimate of drug-likeness (QED) is 0.778. The first-order valence-electron chi connectivity index (χ1n) is 6.97. The second-order valence-corrected chi connectivity index (χ2v) is 5.45. The lowest BCUT2D eigenvalue weighted by atomic mass is 10.1. The fraction of sp³-hybridized carbons (Fsp3) is 0.538. The minimum absolute atomic E-state index is 0.244. The van der Waals surface area contributed by atoms with Crippen molar-refractivity contribution in [2.45, 2.75) is 44.7 Å². The van der Waals surface area contributed by atoms with Gasteiger partial charge in [-0.1, -0.05) is 0 Å². The first-order valence-corrected chi connectivity index (χ1v) is 6.97. The van der Waals surface area contributed by atoms with E-state index in [1.807, 2.05) is 0 Å². The summed E-state index contributed by atoms with van der Waals surface area (Å²) < 4.78 is 8.77. The highest BCUT2D eigenvalue weighted by Crippen LogP contribution is 2.37. The molecule has 3 rings (SSSR count). The van der Waals surface area contributed by atoms with E-state index < -0.39 is 29.7 Å². The van der Waals surface area contributed by atoms with Crippen molar-refractivity contribution in [3.63, 3.8) is 0 Å². The molecule has 0 aromatic carbocycles. The van der Waals surface area contributed by atoms with Crippen LogP contribution in [0.2, 0.25) is 0 Å². The maximum absolute atomic E-state index is 12.0. The number of rotatable bonds is 3. The molecule has 0 radical (unpaired) electrons. The summed E-state index contributed by atoms with van der Waals surface area (Å²) in [6.45, 7) is 3.24. The Kier molecular flexibility index (Phi) is 3.67. The number of aromatic nitrogens is 5. The minimum atomic E-state index is -0.737. The van der Waals surface area contributed by atoms with Crippen molar-refractivity contribution in [1.29, 1.82) is 0 Å². The Morgan fingerprint density at radius 3 is 2.91 bits per heavy atom. The first-order chi connectivity index (χ1) is 10.5. The third-order valence-electron chi connectivity index (χ3n) is 3.84. The van der Waals surface area contributed by atoms with Gasteiger partial charge in [0.25, 0.3) is 5.56 Å². The van der Waals surface area contributed by atoms with Crippen molar-refractivity contribution in [3.05, 3.63) is 45.3 Å². The number of hydrogen-bond acceptors (Lipinski definition) is 6. The van der Waals surface area contributed by atoms with Crippen LogP contribution in [0, 0.1) is 6.92 Å². The number of aryl methyl sites for hydroxylation is 1. The lowest BCUT2D eigenvalue weighted by molar-refractivity contribution is -0.0633. The van der Waals surface area contributed by atoms with Crippen LogP contribution in [0.4, 0.5) is 0 Å². The Morgan fingerprint density at radius 1 is 1.50 bits per heavy atom. The van der Waals surface area contributed by atoms with Gasteiger partial charge in [-0.2, -0.15) is 5.10 Å². The van der Waals surface area contributed by atoms with Gasteiger partial charge in [0.15, 0.2) is 0 Å². The van der Waals surface area contributed by atoms with Gasteiger partial charge in [0.1, 0.15) is 25.0 Å². The molecule has 4 atom stereocenters. The number of hydrogen-bond donors (Lipinski definition) is 2. The summed E-state index contributed by atoms with van der Waals surface area (Å²) in [5, 5.41) is 14.0. The van der Waals surface area contributed by atoms with Crippen LogP contribution in [0.25, 0.3) is 0 Å². The average Bonchev–Trinajstić information content (AvgIpc) is 3.11. The van der Waals surface area contributed by atoms with Gasteiger partial charge in [0, 0.05) is 18.2 Å². The molecule has 2 aromatic rings. The standard InChI is InChI=1S/C13H17N5O4/c1-7-4-17(13(21)16-12(7)20)10-3-9(11(22-10)8(2)19)18-6-14-5-15-18/h4-6,8-11,19H,3H2,1-2H3,(H,16,20,21)/t8-,9-,10+,11-/m0/s1. The van der Waals surface area contributed by atoms with Crippen molar-refractivity contribution in [1.82, 2.24) is 24.3 Å². The van der Waals surface area contributed by atoms with E-state index in [1.54, 1.807) is 24.9 Å². The zero-order valence-corrected chi connectivity index (χ0v) is 12.2. The maximum Gasteiger partial charge on any atom is 0.330 e. The molecule has 9 heteroatoms. The summed E-state index contributed by atoms with van der Waals surface area (Å²) in [6, 6.07) is -0.244. The number of nitrogens with one attached hydrogen (secondary N) is 1. The van der Waals surface area contributed by atoms with Gasteiger partial charge >= 0.3 is 5.69 Å². The van der Waals surface area contributed by atoms with Gasteiger partial charge in [-0.25, -0.2) is 14.5 Å². The highest BCUT2D eigenvalue weighted by Gasteiger charge is 2.40. The summed E-state index contributed by atoms with van der Waals surface area (Å²) in [7, 11) is 0. The van der Waals surface area contributed by atoms with Gasteiger partial charge in [-0.05, 0) is 13.8 Å². The fourth-order valence-electron chi connectivity index (χ4n) is 2.73. The molecule has 1 aliphatic heterocycles. The van der Waals surface area contributed by atoms with E-state index in [1.165, 1.54) is 17.1 Å². The van der Waals surface area contributed by atoms with Crippen molar-refractivity contribution in [3.8, 4) is 0 Å². The molecule has 0 amide bonds. The van der Waals surface area contributed by atoms with Crippen LogP contribution >= 0.6 is 0 Å². The smallest absolute Gasteiger partial charge is 0.330 e. The van der Waals surface area contributed by atoms with E-state index in [0.29, 0.717) is 12.0 Å². The Morgan fingerprint density at radius 2 is 2.27 bits per heavy atom. The molecule has 9 nitrogen and oxygen atoms in total. The Balaban J connectivity index is 1.96. The van der Waals surface area contributed by atoms with Crippen LogP contribution in [0.15, 0.2) is 28.4 Å². The highest BCUT2D eigenvalue weighted by molar-refractivity contribution is 5.02. The molecule has 1 fully saturated rings. The van der Waals surface area contributed by atoms with Crippen molar-refractivity contribution < 1.29 is 9.84 Å². The van der Waals surface area contributed by atoms with Crippen LogP contribution in [0.1, 0.15) is 31.2 Å². The number of aliphatic hydroxyl groups is 1. The molecule has 0 unspecified atom stereocenters. The van der Waals surface area contributed by atoms with Crippen LogP contribution in [0.3, 0.4) is 0 Å². The second kappa shape index (κ2) is 5.50. The van der Waals surface area contributed by atoms with Crippen LogP contribution in [0.5, 0.6) is 0 Å². The first kappa shape index (κ1) is 14.7. The van der Waals surface area contributed by atoms with Gasteiger partial charge in [-0.3, -0.25) is 14.3 Å². The van der Waals surface area contributed by atoms with Gasteiger partial charge < -0.3 is 9.84 Å². The molecular weight excluding hydrogens is 290 g/mol. The number of H-pyrrole nitrogens is 1. The largest absolute Gasteiger partial charge is 0.391 e. The molecule has 22 heavy (non-hydrogen) atoms. The van der Waals surface area contributed by atoms with Gasteiger partial charge in [-0.15, -0.1) is 0 Å². The van der Waals surface area contributed by atoms with E-state index in [4.69, 9.17) is 4.74 Å². The number of aliphatic hydroxyl groups excluding tert-OH is 1. The average molecular weight is 307 g/mol. The Bertz CT molecular complexity index is 763. The number of ether oxygens (including phenoxy) is 1. The van der Waals surface area contributed by atoms with Crippen LogP contribution in [-0.2, 0) is 4.74 Å². The molecular formula is C13H17N5O4. The lowest BCUT2D eigenvalue weighted by Gasteiger charge is -2.20. The van der Waals surface area contributed by atoms with Crippen LogP contribution < -0.4 is 11.2 Å². The molecule has 0 spiro atoms. The monoisotopic (exact) mass is 307 g/mol. The van der Waals surface area contributed by atoms with E-state index in [-0.39, 0.29) is 6.04 Å². The normalized spacial score (nSPS) is 26.2. The third kappa shape index (κ3) is 2.48. The molecule has 3 heterocycles. The van der Waals surface area contributed by atoms with E-state index in [0.717, 1.165) is 0 Å². The molecule has 0 saturated carbocycles. The van der Waals surface area contributed by atoms with E-state index >= 15 is 0 Å². The molecule has 2 aromatic heterocycles. The van der Waals surface area contributed by atoms with Gasteiger partial charge in [0.2, 0.25) is 0 Å². The maximum atomic E-state index is 12.0. The zero-order chi connectivity index (χ0) is 15.9. The lowest BCUT2D eigenvalue weighted by Crippen LogP contribution is -2.34. The van der Waals surface area contributed by atoms with Crippen molar-refractivity contribution in [2.75, 3.05) is 0 Å². The summed E-state index contributed by atoms with van der Waals surface area (Å²) in [5.74, 6) is 0. The highest BCUT2D eigenvalue weighted by atomic mass is 16.5. The topological polar surface area (TPSA) is 115 Å². The molecule has 1 aliphatic rings. The summed E-state index contributed by atoms with van der Waals surface area (Å²) >= 11 is 0. The predicted octanol–water partition coefficient (Wildman–Crippen LogP) is -0.654. The minimum Gasteiger partial charge on any atom is -0.391 e. The summed E-state index contributed by atoms with van der Waals surface area (Å²) in [4.78, 5) is 29.6. The van der Waals surface area contributed by atoms with Crippen molar-refractivity contribution >= 4 is 0 Å². The zero-order valence-electron chi connectivity index (χ0n) is 12.2. The van der Waals surface area contributed by atoms with E-state index in [9.17, 15) is 14.7 Å².